The molecular weight excluding hydrogens is 841 g/mol. The van der Waals surface area contributed by atoms with E-state index in [-0.39, 0.29) is 31.1 Å². The second-order valence-corrected chi connectivity index (χ2v) is 18.1. The highest BCUT2D eigenvalue weighted by atomic mass is 16.6. The number of allylic oxidation sites excluding steroid dienone is 18. The fourth-order valence-electron chi connectivity index (χ4n) is 7.37. The van der Waals surface area contributed by atoms with E-state index in [2.05, 4.69) is 130 Å². The lowest BCUT2D eigenvalue weighted by Gasteiger charge is -2.18. The quantitative estimate of drug-likeness (QED) is 0.0262. The van der Waals surface area contributed by atoms with Gasteiger partial charge in [-0.05, 0) is 89.9 Å². The average molecular weight is 943 g/mol. The molecule has 6 heteroatoms. The first-order valence-electron chi connectivity index (χ1n) is 27.9. The third-order valence-electron chi connectivity index (χ3n) is 11.5. The van der Waals surface area contributed by atoms with Crippen LogP contribution in [-0.2, 0) is 28.6 Å². The summed E-state index contributed by atoms with van der Waals surface area (Å²) in [6.07, 6.45) is 75.6. The van der Waals surface area contributed by atoms with Crippen LogP contribution in [0, 0.1) is 0 Å². The standard InChI is InChI=1S/C62H102O6/c1-4-7-10-13-15-17-19-20-21-22-23-24-25-26-27-28-29-30-31-32-33-34-35-36-37-38-39-40-41-42-43-45-46-49-52-55-61(64)67-58-59(57-66-60(63)54-51-48-12-9-6-3)68-62(65)56-53-50-47-44-18-16-14-11-8-5-2/h7,10,15,17,20-21,23-24,26-27,29-30,32-33,35-36,38-39,59H,4-6,8-9,11-14,16,18-19,22,25,28,31,34,37,40-58H2,1-3H3/b10-7-,17-15-,21-20-,24-23-,27-26-,30-29-,33-32-,36-35-,39-38-. The van der Waals surface area contributed by atoms with Crippen molar-refractivity contribution in [1.82, 2.24) is 0 Å². The summed E-state index contributed by atoms with van der Waals surface area (Å²) < 4.78 is 16.6. The van der Waals surface area contributed by atoms with Crippen LogP contribution in [0.1, 0.15) is 245 Å². The molecule has 0 aliphatic rings. The Morgan fingerprint density at radius 2 is 0.574 bits per heavy atom. The van der Waals surface area contributed by atoms with E-state index in [0.717, 1.165) is 128 Å². The largest absolute Gasteiger partial charge is 0.462 e. The highest BCUT2D eigenvalue weighted by Gasteiger charge is 2.19. The Kier molecular flexibility index (Phi) is 52.4. The van der Waals surface area contributed by atoms with Gasteiger partial charge in [-0.25, -0.2) is 0 Å². The molecule has 0 heterocycles. The number of carbonyl (C=O) groups excluding carboxylic acids is 3. The smallest absolute Gasteiger partial charge is 0.306 e. The minimum atomic E-state index is -0.775. The van der Waals surface area contributed by atoms with Crippen molar-refractivity contribution >= 4 is 17.9 Å². The summed E-state index contributed by atoms with van der Waals surface area (Å²) in [6.45, 7) is 6.40. The maximum atomic E-state index is 12.7. The number of hydrogen-bond donors (Lipinski definition) is 0. The first-order valence-corrected chi connectivity index (χ1v) is 27.9. The molecule has 6 nitrogen and oxygen atoms in total. The summed E-state index contributed by atoms with van der Waals surface area (Å²) >= 11 is 0. The molecule has 0 N–H and O–H groups in total. The predicted molar refractivity (Wildman–Crippen MR) is 293 cm³/mol. The lowest BCUT2D eigenvalue weighted by atomic mass is 10.1. The van der Waals surface area contributed by atoms with E-state index in [9.17, 15) is 14.4 Å². The van der Waals surface area contributed by atoms with Gasteiger partial charge < -0.3 is 14.2 Å². The lowest BCUT2D eigenvalue weighted by Crippen LogP contribution is -2.30. The summed E-state index contributed by atoms with van der Waals surface area (Å²) in [5, 5.41) is 0. The normalized spacial score (nSPS) is 12.9. The molecule has 0 aromatic rings. The van der Waals surface area contributed by atoms with E-state index in [1.165, 1.54) is 77.0 Å². The van der Waals surface area contributed by atoms with Gasteiger partial charge in [0.25, 0.3) is 0 Å². The Morgan fingerprint density at radius 1 is 0.309 bits per heavy atom. The zero-order valence-electron chi connectivity index (χ0n) is 44.1. The Bertz CT molecular complexity index is 1410. The van der Waals surface area contributed by atoms with Crippen molar-refractivity contribution in [2.75, 3.05) is 13.2 Å². The molecule has 0 saturated heterocycles. The highest BCUT2D eigenvalue weighted by molar-refractivity contribution is 5.71. The SMILES string of the molecule is CC/C=C\C/C=C\C/C=C\C/C=C\C/C=C\C/C=C\C/C=C\C/C=C\C/C=C\CCCCCCCCCC(=O)OCC(COC(=O)CCCCCCC)OC(=O)CCCCCCCCCCCC. The third-order valence-corrected chi connectivity index (χ3v) is 11.5. The van der Waals surface area contributed by atoms with Crippen LogP contribution in [0.4, 0.5) is 0 Å². The van der Waals surface area contributed by atoms with Crippen LogP contribution in [0.2, 0.25) is 0 Å². The minimum Gasteiger partial charge on any atom is -0.462 e. The second-order valence-electron chi connectivity index (χ2n) is 18.1. The van der Waals surface area contributed by atoms with Crippen molar-refractivity contribution in [3.05, 3.63) is 109 Å². The van der Waals surface area contributed by atoms with Crippen molar-refractivity contribution in [3.63, 3.8) is 0 Å². The van der Waals surface area contributed by atoms with Crippen molar-refractivity contribution < 1.29 is 28.6 Å². The van der Waals surface area contributed by atoms with Crippen LogP contribution in [-0.4, -0.2) is 37.2 Å². The molecule has 0 aliphatic carbocycles. The van der Waals surface area contributed by atoms with Crippen molar-refractivity contribution in [3.8, 4) is 0 Å². The van der Waals surface area contributed by atoms with Crippen LogP contribution in [0.15, 0.2) is 109 Å². The van der Waals surface area contributed by atoms with Crippen molar-refractivity contribution in [2.24, 2.45) is 0 Å². The number of esters is 3. The number of rotatable bonds is 49. The Balaban J connectivity index is 4.02. The van der Waals surface area contributed by atoms with Gasteiger partial charge in [-0.3, -0.25) is 14.4 Å². The van der Waals surface area contributed by atoms with E-state index >= 15 is 0 Å². The fourth-order valence-corrected chi connectivity index (χ4v) is 7.37. The van der Waals surface area contributed by atoms with Gasteiger partial charge in [-0.15, -0.1) is 0 Å². The molecule has 0 radical (unpaired) electrons. The van der Waals surface area contributed by atoms with Crippen LogP contribution in [0.3, 0.4) is 0 Å². The maximum absolute atomic E-state index is 12.7. The molecule has 68 heavy (non-hydrogen) atoms. The van der Waals surface area contributed by atoms with Crippen molar-refractivity contribution in [1.29, 1.82) is 0 Å². The molecule has 0 spiro atoms. The molecule has 0 aliphatic heterocycles. The molecule has 1 atom stereocenters. The summed E-state index contributed by atoms with van der Waals surface area (Å²) in [4.78, 5) is 37.6. The molecule has 0 rings (SSSR count). The van der Waals surface area contributed by atoms with Gasteiger partial charge in [0.15, 0.2) is 6.10 Å². The molecule has 0 bridgehead atoms. The van der Waals surface area contributed by atoms with E-state index in [0.29, 0.717) is 19.3 Å². The molecular formula is C62H102O6. The van der Waals surface area contributed by atoms with Gasteiger partial charge in [0.1, 0.15) is 13.2 Å². The third kappa shape index (κ3) is 53.0. The van der Waals surface area contributed by atoms with Crippen LogP contribution in [0.25, 0.3) is 0 Å². The summed E-state index contributed by atoms with van der Waals surface area (Å²) in [7, 11) is 0. The first kappa shape index (κ1) is 64.1. The van der Waals surface area contributed by atoms with E-state index in [1.54, 1.807) is 0 Å². The number of hydrogen-bond acceptors (Lipinski definition) is 6. The van der Waals surface area contributed by atoms with E-state index < -0.39 is 6.10 Å². The van der Waals surface area contributed by atoms with Gasteiger partial charge in [-0.2, -0.15) is 0 Å². The number of unbranched alkanes of at least 4 members (excludes halogenated alkanes) is 20. The zero-order valence-corrected chi connectivity index (χ0v) is 44.1. The average Bonchev–Trinajstić information content (AvgIpc) is 3.34. The maximum Gasteiger partial charge on any atom is 0.306 e. The predicted octanol–water partition coefficient (Wildman–Crippen LogP) is 18.7. The van der Waals surface area contributed by atoms with Crippen molar-refractivity contribution in [2.45, 2.75) is 252 Å². The van der Waals surface area contributed by atoms with Gasteiger partial charge in [-0.1, -0.05) is 246 Å². The van der Waals surface area contributed by atoms with Gasteiger partial charge in [0.2, 0.25) is 0 Å². The second kappa shape index (κ2) is 55.7. The Hall–Kier alpha value is -3.93. The van der Waals surface area contributed by atoms with E-state index in [4.69, 9.17) is 14.2 Å². The Morgan fingerprint density at radius 3 is 0.897 bits per heavy atom. The number of carbonyl (C=O) groups is 3. The molecule has 1 unspecified atom stereocenters. The minimum absolute atomic E-state index is 0.0805. The lowest BCUT2D eigenvalue weighted by molar-refractivity contribution is -0.167. The Labute approximate surface area is 419 Å². The topological polar surface area (TPSA) is 78.9 Å². The number of ether oxygens (including phenoxy) is 3. The fraction of sp³-hybridized carbons (Fsp3) is 0.661. The summed E-state index contributed by atoms with van der Waals surface area (Å²) in [6, 6.07) is 0. The van der Waals surface area contributed by atoms with Gasteiger partial charge in [0, 0.05) is 19.3 Å². The van der Waals surface area contributed by atoms with Crippen LogP contribution in [0.5, 0.6) is 0 Å². The molecule has 386 valence electrons. The van der Waals surface area contributed by atoms with Gasteiger partial charge >= 0.3 is 17.9 Å². The molecule has 0 fully saturated rings. The zero-order chi connectivity index (χ0) is 49.3. The monoisotopic (exact) mass is 943 g/mol. The summed E-state index contributed by atoms with van der Waals surface area (Å²) in [5.74, 6) is -0.910. The molecule has 0 aromatic carbocycles. The van der Waals surface area contributed by atoms with Gasteiger partial charge in [0.05, 0.1) is 0 Å². The first-order chi connectivity index (χ1) is 33.5. The highest BCUT2D eigenvalue weighted by Crippen LogP contribution is 2.14. The summed E-state index contributed by atoms with van der Waals surface area (Å²) in [5.41, 5.74) is 0. The molecule has 0 aromatic heterocycles. The van der Waals surface area contributed by atoms with Crippen LogP contribution >= 0.6 is 0 Å². The molecule has 0 saturated carbocycles. The van der Waals surface area contributed by atoms with E-state index in [1.807, 2.05) is 0 Å². The molecule has 0 amide bonds. The van der Waals surface area contributed by atoms with Crippen LogP contribution < -0.4 is 0 Å².